The summed E-state index contributed by atoms with van der Waals surface area (Å²) < 4.78 is 82.8. The van der Waals surface area contributed by atoms with Gasteiger partial charge in [0.25, 0.3) is 5.60 Å². The molecule has 0 spiro atoms. The molecule has 0 bridgehead atoms. The Hall–Kier alpha value is -2.24. The van der Waals surface area contributed by atoms with Crippen molar-refractivity contribution in [2.24, 2.45) is 0 Å². The van der Waals surface area contributed by atoms with Crippen LogP contribution in [0.2, 0.25) is 10.0 Å². The van der Waals surface area contributed by atoms with Crippen molar-refractivity contribution in [3.8, 4) is 5.69 Å². The average molecular weight is 499 g/mol. The molecule has 0 radical (unpaired) electrons. The molecule has 1 saturated heterocycles. The fraction of sp³-hybridized carbons (Fsp3) is 0.368. The van der Waals surface area contributed by atoms with Crippen LogP contribution in [0.1, 0.15) is 12.8 Å². The zero-order chi connectivity index (χ0) is 23.5. The molecular weight excluding hydrogens is 485 g/mol. The monoisotopic (exact) mass is 498 g/mol. The van der Waals surface area contributed by atoms with Gasteiger partial charge < -0.3 is 14.6 Å². The summed E-state index contributed by atoms with van der Waals surface area (Å²) in [7, 11) is 0. The first kappa shape index (κ1) is 22.9. The number of hydrogen-bond acceptors (Lipinski definition) is 4. The van der Waals surface area contributed by atoms with Crippen LogP contribution in [-0.2, 0) is 0 Å². The summed E-state index contributed by atoms with van der Waals surface area (Å²) in [6.07, 6.45) is -8.06. The quantitative estimate of drug-likeness (QED) is 0.481. The molecule has 1 aliphatic rings. The summed E-state index contributed by atoms with van der Waals surface area (Å²) >= 11 is 12.3. The number of alkyl halides is 6. The number of aliphatic hydroxyl groups is 1. The molecule has 3 aromatic rings. The maximum Gasteiger partial charge on any atom is 0.428 e. The number of anilines is 1. The van der Waals surface area contributed by atoms with Crippen LogP contribution < -0.4 is 4.90 Å². The summed E-state index contributed by atoms with van der Waals surface area (Å²) in [5, 5.41) is 10.6. The van der Waals surface area contributed by atoms with Gasteiger partial charge in [-0.2, -0.15) is 26.3 Å². The van der Waals surface area contributed by atoms with Crippen LogP contribution in [0.4, 0.5) is 32.2 Å². The highest BCUT2D eigenvalue weighted by molar-refractivity contribution is 6.45. The molecule has 5 nitrogen and oxygen atoms in total. The zero-order valence-corrected chi connectivity index (χ0v) is 17.4. The number of rotatable bonds is 3. The molecule has 1 aromatic carbocycles. The van der Waals surface area contributed by atoms with E-state index in [9.17, 15) is 31.4 Å². The van der Waals surface area contributed by atoms with E-state index in [0.717, 1.165) is 4.90 Å². The predicted octanol–water partition coefficient (Wildman–Crippen LogP) is 5.55. The molecule has 0 unspecified atom stereocenters. The van der Waals surface area contributed by atoms with Crippen LogP contribution >= 0.6 is 23.2 Å². The van der Waals surface area contributed by atoms with Crippen LogP contribution in [-0.4, -0.2) is 50.2 Å². The lowest BCUT2D eigenvalue weighted by Gasteiger charge is -2.41. The number of imidazole rings is 1. The third-order valence-electron chi connectivity index (χ3n) is 5.51. The number of aromatic nitrogens is 3. The Morgan fingerprint density at radius 1 is 1.06 bits per heavy atom. The molecule has 172 valence electrons. The molecule has 2 aromatic heterocycles. The molecule has 0 saturated carbocycles. The average Bonchev–Trinajstić information content (AvgIpc) is 3.40. The van der Waals surface area contributed by atoms with Crippen LogP contribution in [0.5, 0.6) is 0 Å². The minimum absolute atomic E-state index is 0.00923. The first-order valence-electron chi connectivity index (χ1n) is 9.26. The highest BCUT2D eigenvalue weighted by Crippen LogP contribution is 2.50. The van der Waals surface area contributed by atoms with E-state index in [1.165, 1.54) is 29.2 Å². The molecule has 1 atom stereocenters. The van der Waals surface area contributed by atoms with Crippen molar-refractivity contribution in [3.05, 3.63) is 47.0 Å². The molecule has 0 aliphatic carbocycles. The molecule has 3 heterocycles. The van der Waals surface area contributed by atoms with Crippen LogP contribution in [0.3, 0.4) is 0 Å². The van der Waals surface area contributed by atoms with Crippen molar-refractivity contribution in [3.63, 3.8) is 0 Å². The Labute approximate surface area is 187 Å². The van der Waals surface area contributed by atoms with E-state index in [1.807, 2.05) is 0 Å². The van der Waals surface area contributed by atoms with E-state index in [0.29, 0.717) is 11.1 Å². The molecule has 1 aliphatic heterocycles. The van der Waals surface area contributed by atoms with E-state index in [-0.39, 0.29) is 34.3 Å². The Morgan fingerprint density at radius 2 is 1.75 bits per heavy atom. The van der Waals surface area contributed by atoms with Crippen molar-refractivity contribution in [2.75, 3.05) is 11.4 Å². The summed E-state index contributed by atoms with van der Waals surface area (Å²) in [6, 6.07) is 2.08. The maximum absolute atomic E-state index is 13.5. The summed E-state index contributed by atoms with van der Waals surface area (Å²) in [5.41, 5.74) is -4.48. The maximum atomic E-state index is 13.5. The fourth-order valence-corrected chi connectivity index (χ4v) is 4.34. The number of hydrogen-bond donors (Lipinski definition) is 1. The third kappa shape index (κ3) is 3.46. The Balaban J connectivity index is 1.94. The van der Waals surface area contributed by atoms with Crippen LogP contribution in [0.25, 0.3) is 16.6 Å². The predicted molar refractivity (Wildman–Crippen MR) is 106 cm³/mol. The largest absolute Gasteiger partial charge is 0.428 e. The number of nitrogens with zero attached hydrogens (tertiary/aromatic N) is 4. The smallest absolute Gasteiger partial charge is 0.372 e. The van der Waals surface area contributed by atoms with Crippen molar-refractivity contribution < 1.29 is 31.4 Å². The number of halogens is 8. The Bertz CT molecular complexity index is 1140. The van der Waals surface area contributed by atoms with Gasteiger partial charge in [0.15, 0.2) is 0 Å². The van der Waals surface area contributed by atoms with E-state index < -0.39 is 30.4 Å². The van der Waals surface area contributed by atoms with Crippen molar-refractivity contribution in [2.45, 2.75) is 36.8 Å². The van der Waals surface area contributed by atoms with Gasteiger partial charge in [-0.25, -0.2) is 9.97 Å². The van der Waals surface area contributed by atoms with Crippen molar-refractivity contribution >= 4 is 39.9 Å². The van der Waals surface area contributed by atoms with Gasteiger partial charge in [0, 0.05) is 30.4 Å². The molecule has 4 rings (SSSR count). The topological polar surface area (TPSA) is 54.2 Å². The van der Waals surface area contributed by atoms with E-state index in [4.69, 9.17) is 23.2 Å². The Morgan fingerprint density at radius 3 is 2.34 bits per heavy atom. The van der Waals surface area contributed by atoms with E-state index in [2.05, 4.69) is 9.97 Å². The van der Waals surface area contributed by atoms with Crippen LogP contribution in [0, 0.1) is 0 Å². The molecule has 1 fully saturated rings. The van der Waals surface area contributed by atoms with Gasteiger partial charge in [-0.3, -0.25) is 0 Å². The van der Waals surface area contributed by atoms with Gasteiger partial charge in [-0.05, 0) is 25.0 Å². The highest BCUT2D eigenvalue weighted by Gasteiger charge is 2.75. The second-order valence-electron chi connectivity index (χ2n) is 7.34. The van der Waals surface area contributed by atoms with Crippen molar-refractivity contribution in [1.29, 1.82) is 0 Å². The summed E-state index contributed by atoms with van der Waals surface area (Å²) in [5.74, 6) is -0.209. The minimum atomic E-state index is -5.95. The number of pyridine rings is 1. The second kappa shape index (κ2) is 7.67. The van der Waals surface area contributed by atoms with Gasteiger partial charge in [0.1, 0.15) is 5.82 Å². The van der Waals surface area contributed by atoms with Gasteiger partial charge >= 0.3 is 12.4 Å². The lowest BCUT2D eigenvalue weighted by molar-refractivity contribution is -0.373. The van der Waals surface area contributed by atoms with Gasteiger partial charge in [-0.15, -0.1) is 0 Å². The standard InChI is InChI=1S/C19H14Cl2F6N4O/c20-11-4-3-10-12(30-7-5-28-9-30)8-14(29-16(10)15(11)21)31-6-1-2-13(31)17(32,18(22,23)24)19(25,26)27/h3-5,7-9,13,32H,1-2,6H2/t13-/m0/s1. The molecule has 0 amide bonds. The lowest BCUT2D eigenvalue weighted by Crippen LogP contribution is -2.67. The number of benzene rings is 1. The van der Waals surface area contributed by atoms with E-state index >= 15 is 0 Å². The second-order valence-corrected chi connectivity index (χ2v) is 8.13. The summed E-state index contributed by atoms with van der Waals surface area (Å²) in [4.78, 5) is 8.99. The highest BCUT2D eigenvalue weighted by atomic mass is 35.5. The third-order valence-corrected chi connectivity index (χ3v) is 6.31. The SMILES string of the molecule is OC([C@@H]1CCCN1c1cc(-n2ccnc2)c2ccc(Cl)c(Cl)c2n1)(C(F)(F)F)C(F)(F)F. The van der Waals surface area contributed by atoms with Crippen LogP contribution in [0.15, 0.2) is 36.9 Å². The first-order chi connectivity index (χ1) is 14.9. The van der Waals surface area contributed by atoms with Gasteiger partial charge in [-0.1, -0.05) is 23.2 Å². The molecule has 13 heteroatoms. The first-order valence-corrected chi connectivity index (χ1v) is 10.0. The Kier molecular flexibility index (Phi) is 5.50. The molecule has 1 N–H and O–H groups in total. The molecular formula is C19H14Cl2F6N4O. The zero-order valence-electron chi connectivity index (χ0n) is 15.9. The lowest BCUT2D eigenvalue weighted by atomic mass is 9.90. The number of fused-ring (bicyclic) bond motifs is 1. The van der Waals surface area contributed by atoms with Crippen molar-refractivity contribution in [1.82, 2.24) is 14.5 Å². The summed E-state index contributed by atoms with van der Waals surface area (Å²) in [6.45, 7) is -0.181. The fourth-order valence-electron chi connectivity index (χ4n) is 3.98. The minimum Gasteiger partial charge on any atom is -0.372 e. The van der Waals surface area contributed by atoms with Gasteiger partial charge in [0.05, 0.1) is 33.6 Å². The molecule has 32 heavy (non-hydrogen) atoms. The normalized spacial score (nSPS) is 18.0. The van der Waals surface area contributed by atoms with Gasteiger partial charge in [0.2, 0.25) is 0 Å². The van der Waals surface area contributed by atoms with E-state index in [1.54, 1.807) is 12.3 Å².